The summed E-state index contributed by atoms with van der Waals surface area (Å²) in [5.41, 5.74) is -7.27. The number of alkyl halides is 3. The SMILES string of the molecule is O=C(OC[C@@]1(C(F)(F)F)O[C@@H](n2cc(F)c(=O)[nH]c2=O)[C@H](OC(=O)c2ccccc2)[C@@H]1OC(=O)c1ccccc1)c1ccccc1. The molecule has 3 aromatic carbocycles. The van der Waals surface area contributed by atoms with Crippen molar-refractivity contribution in [1.82, 2.24) is 9.55 Å². The lowest BCUT2D eigenvalue weighted by molar-refractivity contribution is -0.305. The maximum Gasteiger partial charge on any atom is 0.424 e. The van der Waals surface area contributed by atoms with Gasteiger partial charge in [-0.05, 0) is 36.4 Å². The molecule has 1 saturated heterocycles. The van der Waals surface area contributed by atoms with Gasteiger partial charge in [-0.1, -0.05) is 54.6 Å². The fraction of sp³-hybridized carbons (Fsp3) is 0.194. The predicted octanol–water partition coefficient (Wildman–Crippen LogP) is 3.81. The summed E-state index contributed by atoms with van der Waals surface area (Å²) in [6.07, 6.45) is -12.7. The fourth-order valence-corrected chi connectivity index (χ4v) is 4.69. The van der Waals surface area contributed by atoms with E-state index in [4.69, 9.17) is 18.9 Å². The Bertz CT molecular complexity index is 1850. The van der Waals surface area contributed by atoms with E-state index in [1.807, 2.05) is 0 Å². The molecule has 0 amide bonds. The van der Waals surface area contributed by atoms with Crippen LogP contribution in [0.5, 0.6) is 0 Å². The Morgan fingerprint density at radius 3 is 1.76 bits per heavy atom. The first-order valence-electron chi connectivity index (χ1n) is 13.4. The zero-order chi connectivity index (χ0) is 33.1. The molecule has 238 valence electrons. The van der Waals surface area contributed by atoms with E-state index < -0.39 is 71.8 Å². The van der Waals surface area contributed by atoms with Gasteiger partial charge in [0.15, 0.2) is 18.4 Å². The maximum atomic E-state index is 15.3. The van der Waals surface area contributed by atoms with Crippen molar-refractivity contribution in [3.05, 3.63) is 141 Å². The Morgan fingerprint density at radius 2 is 1.26 bits per heavy atom. The lowest BCUT2D eigenvalue weighted by Crippen LogP contribution is -2.59. The lowest BCUT2D eigenvalue weighted by Gasteiger charge is -2.35. The van der Waals surface area contributed by atoms with Crippen molar-refractivity contribution in [2.75, 3.05) is 6.61 Å². The number of nitrogens with zero attached hydrogens (tertiary/aromatic N) is 1. The molecule has 1 aliphatic rings. The number of aromatic nitrogens is 2. The molecule has 2 heterocycles. The Labute approximate surface area is 255 Å². The zero-order valence-electron chi connectivity index (χ0n) is 23.3. The Balaban J connectivity index is 1.66. The molecule has 0 saturated carbocycles. The van der Waals surface area contributed by atoms with Gasteiger partial charge in [0.1, 0.15) is 6.61 Å². The van der Waals surface area contributed by atoms with Gasteiger partial charge in [0, 0.05) is 0 Å². The number of carbonyl (C=O) groups is 3. The molecule has 1 N–H and O–H groups in total. The number of rotatable bonds is 8. The summed E-state index contributed by atoms with van der Waals surface area (Å²) in [4.78, 5) is 65.3. The fourth-order valence-electron chi connectivity index (χ4n) is 4.69. The molecule has 0 radical (unpaired) electrons. The molecule has 4 aromatic rings. The molecule has 1 aromatic heterocycles. The van der Waals surface area contributed by atoms with Gasteiger partial charge in [-0.15, -0.1) is 0 Å². The molecular weight excluding hydrogens is 620 g/mol. The first-order chi connectivity index (χ1) is 21.9. The largest absolute Gasteiger partial charge is 0.458 e. The van der Waals surface area contributed by atoms with Crippen LogP contribution in [-0.2, 0) is 18.9 Å². The van der Waals surface area contributed by atoms with Crippen molar-refractivity contribution in [2.24, 2.45) is 0 Å². The molecule has 0 aliphatic carbocycles. The van der Waals surface area contributed by atoms with Crippen LogP contribution in [-0.4, -0.2) is 58.1 Å². The van der Waals surface area contributed by atoms with Gasteiger partial charge >= 0.3 is 29.8 Å². The highest BCUT2D eigenvalue weighted by molar-refractivity contribution is 5.91. The minimum atomic E-state index is -5.57. The number of ether oxygens (including phenoxy) is 4. The number of halogens is 4. The monoisotopic (exact) mass is 642 g/mol. The van der Waals surface area contributed by atoms with Crippen LogP contribution in [0.25, 0.3) is 0 Å². The summed E-state index contributed by atoms with van der Waals surface area (Å²) in [7, 11) is 0. The first kappa shape index (κ1) is 31.8. The molecule has 0 unspecified atom stereocenters. The van der Waals surface area contributed by atoms with Crippen LogP contribution in [0.2, 0.25) is 0 Å². The topological polar surface area (TPSA) is 143 Å². The van der Waals surface area contributed by atoms with Gasteiger partial charge < -0.3 is 18.9 Å². The van der Waals surface area contributed by atoms with Crippen molar-refractivity contribution in [2.45, 2.75) is 30.2 Å². The zero-order valence-corrected chi connectivity index (χ0v) is 23.3. The van der Waals surface area contributed by atoms with Crippen LogP contribution >= 0.6 is 0 Å². The molecule has 0 spiro atoms. The van der Waals surface area contributed by atoms with Gasteiger partial charge in [0.25, 0.3) is 5.56 Å². The number of aromatic amines is 1. The number of benzene rings is 3. The summed E-state index contributed by atoms with van der Waals surface area (Å²) < 4.78 is 81.6. The van der Waals surface area contributed by atoms with E-state index in [9.17, 15) is 28.4 Å². The summed E-state index contributed by atoms with van der Waals surface area (Å²) in [6, 6.07) is 20.7. The van der Waals surface area contributed by atoms with Gasteiger partial charge in [-0.3, -0.25) is 14.3 Å². The molecule has 4 atom stereocenters. The van der Waals surface area contributed by atoms with Crippen LogP contribution in [0.4, 0.5) is 17.6 Å². The standard InChI is InChI=1S/C31H22F4N2O9/c32-21-16-37(29(42)36-24(21)38)25-22(44-27(40)19-12-6-2-7-13-19)23(45-28(41)20-14-8-3-9-15-20)30(46-25,31(33,34)35)17-43-26(39)18-10-4-1-5-11-18/h1-16,22-23,25H,17H2,(H,36,38,42)/t22-,23+,25-,30-/m1/s1. The minimum absolute atomic E-state index is 0.141. The van der Waals surface area contributed by atoms with Crippen molar-refractivity contribution >= 4 is 17.9 Å². The highest BCUT2D eigenvalue weighted by Gasteiger charge is 2.73. The first-order valence-corrected chi connectivity index (χ1v) is 13.4. The van der Waals surface area contributed by atoms with Gasteiger partial charge in [0.05, 0.1) is 22.9 Å². The van der Waals surface area contributed by atoms with E-state index in [1.54, 1.807) is 17.1 Å². The van der Waals surface area contributed by atoms with Crippen molar-refractivity contribution in [3.8, 4) is 0 Å². The van der Waals surface area contributed by atoms with Crippen LogP contribution in [0, 0.1) is 5.82 Å². The summed E-state index contributed by atoms with van der Waals surface area (Å²) >= 11 is 0. The number of H-pyrrole nitrogens is 1. The van der Waals surface area contributed by atoms with E-state index >= 15 is 13.2 Å². The van der Waals surface area contributed by atoms with Crippen LogP contribution in [0.1, 0.15) is 37.3 Å². The molecule has 1 fully saturated rings. The van der Waals surface area contributed by atoms with Crippen LogP contribution in [0.3, 0.4) is 0 Å². The Morgan fingerprint density at radius 1 is 0.783 bits per heavy atom. The molecule has 5 rings (SSSR count). The third-order valence-corrected chi connectivity index (χ3v) is 6.97. The van der Waals surface area contributed by atoms with E-state index in [-0.39, 0.29) is 27.5 Å². The lowest BCUT2D eigenvalue weighted by atomic mass is 9.94. The number of nitrogens with one attached hydrogen (secondary N) is 1. The van der Waals surface area contributed by atoms with E-state index in [2.05, 4.69) is 0 Å². The number of esters is 3. The molecule has 0 bridgehead atoms. The van der Waals surface area contributed by atoms with Crippen molar-refractivity contribution in [1.29, 1.82) is 0 Å². The molecular formula is C31H22F4N2O9. The highest BCUT2D eigenvalue weighted by atomic mass is 19.4. The quantitative estimate of drug-likeness (QED) is 0.172. The third-order valence-electron chi connectivity index (χ3n) is 6.97. The van der Waals surface area contributed by atoms with Gasteiger partial charge in [-0.2, -0.15) is 17.6 Å². The molecule has 15 heteroatoms. The minimum Gasteiger partial charge on any atom is -0.458 e. The van der Waals surface area contributed by atoms with Crippen molar-refractivity contribution in [3.63, 3.8) is 0 Å². The number of hydrogen-bond donors (Lipinski definition) is 1. The summed E-state index contributed by atoms with van der Waals surface area (Å²) in [5, 5.41) is 0. The van der Waals surface area contributed by atoms with Gasteiger partial charge in [-0.25, -0.2) is 19.2 Å². The van der Waals surface area contributed by atoms with Crippen molar-refractivity contribution < 1.29 is 50.9 Å². The predicted molar refractivity (Wildman–Crippen MR) is 148 cm³/mol. The molecule has 46 heavy (non-hydrogen) atoms. The molecule has 1 aliphatic heterocycles. The van der Waals surface area contributed by atoms with E-state index in [1.165, 1.54) is 78.9 Å². The summed E-state index contributed by atoms with van der Waals surface area (Å²) in [6.45, 7) is -1.67. The average Bonchev–Trinajstić information content (AvgIpc) is 3.36. The Hall–Kier alpha value is -5.57. The smallest absolute Gasteiger partial charge is 0.424 e. The normalized spacial score (nSPS) is 20.9. The number of carbonyl (C=O) groups excluding carboxylic acids is 3. The van der Waals surface area contributed by atoms with Crippen LogP contribution in [0.15, 0.2) is 107 Å². The highest BCUT2D eigenvalue weighted by Crippen LogP contribution is 2.50. The molecule has 11 nitrogen and oxygen atoms in total. The van der Waals surface area contributed by atoms with E-state index in [0.29, 0.717) is 0 Å². The number of hydrogen-bond acceptors (Lipinski definition) is 9. The second-order valence-electron chi connectivity index (χ2n) is 9.91. The second-order valence-corrected chi connectivity index (χ2v) is 9.91. The van der Waals surface area contributed by atoms with Crippen LogP contribution < -0.4 is 11.2 Å². The summed E-state index contributed by atoms with van der Waals surface area (Å²) in [5.74, 6) is -5.40. The van der Waals surface area contributed by atoms with Gasteiger partial charge in [0.2, 0.25) is 11.4 Å². The second kappa shape index (κ2) is 12.8. The van der Waals surface area contributed by atoms with E-state index in [0.717, 1.165) is 0 Å². The average molecular weight is 643 g/mol. The Kier molecular flexibility index (Phi) is 8.87. The maximum absolute atomic E-state index is 15.3. The third kappa shape index (κ3) is 6.30.